The Bertz CT molecular complexity index is 548. The first-order valence-corrected chi connectivity index (χ1v) is 8.35. The van der Waals surface area contributed by atoms with E-state index in [1.54, 1.807) is 6.92 Å². The van der Waals surface area contributed by atoms with Gasteiger partial charge in [-0.3, -0.25) is 9.69 Å². The summed E-state index contributed by atoms with van der Waals surface area (Å²) in [5.41, 5.74) is 1.51. The van der Waals surface area contributed by atoms with Gasteiger partial charge in [0.25, 0.3) is 0 Å². The summed E-state index contributed by atoms with van der Waals surface area (Å²) in [6.45, 7) is 6.88. The van der Waals surface area contributed by atoms with Gasteiger partial charge in [0.05, 0.1) is 12.2 Å². The Morgan fingerprint density at radius 3 is 2.73 bits per heavy atom. The van der Waals surface area contributed by atoms with Crippen molar-refractivity contribution in [3.63, 3.8) is 0 Å². The number of hydrogen-bond acceptors (Lipinski definition) is 5. The zero-order valence-corrected chi connectivity index (χ0v) is 15.0. The maximum Gasteiger partial charge on any atom is 0.341 e. The Hall–Kier alpha value is -0.820. The summed E-state index contributed by atoms with van der Waals surface area (Å²) in [4.78, 5) is 27.2. The first-order chi connectivity index (χ1) is 10.1. The lowest BCUT2D eigenvalue weighted by atomic mass is 10.0. The first-order valence-electron chi connectivity index (χ1n) is 7.00. The molecule has 1 aliphatic rings. The molecule has 2 heterocycles. The highest BCUT2D eigenvalue weighted by molar-refractivity contribution is 7.17. The molecule has 0 fully saturated rings. The van der Waals surface area contributed by atoms with Gasteiger partial charge in [-0.2, -0.15) is 0 Å². The zero-order valence-electron chi connectivity index (χ0n) is 12.6. The van der Waals surface area contributed by atoms with Crippen molar-refractivity contribution < 1.29 is 14.3 Å². The summed E-state index contributed by atoms with van der Waals surface area (Å²) in [5.74, 6) is -0.815. The van der Waals surface area contributed by atoms with Crippen LogP contribution in [-0.2, 0) is 22.5 Å². The molecule has 124 valence electrons. The summed E-state index contributed by atoms with van der Waals surface area (Å²) < 4.78 is 5.13. The Kier molecular flexibility index (Phi) is 7.62. The molecule has 0 unspecified atom stereocenters. The lowest BCUT2D eigenvalue weighted by Crippen LogP contribution is -2.30. The van der Waals surface area contributed by atoms with Gasteiger partial charge >= 0.3 is 5.97 Å². The van der Waals surface area contributed by atoms with Gasteiger partial charge in [0.1, 0.15) is 10.9 Å². The number of likely N-dealkylation sites (N-methyl/N-ethyl adjacent to an activating group) is 1. The molecule has 0 saturated carbocycles. The quantitative estimate of drug-likeness (QED) is 0.642. The number of fused-ring (bicyclic) bond motifs is 1. The minimum absolute atomic E-state index is 0. The van der Waals surface area contributed by atoms with Crippen LogP contribution >= 0.6 is 35.3 Å². The lowest BCUT2D eigenvalue weighted by Gasteiger charge is -2.25. The number of alkyl halides is 1. The van der Waals surface area contributed by atoms with Crippen molar-refractivity contribution in [2.45, 2.75) is 26.8 Å². The van der Waals surface area contributed by atoms with Crippen LogP contribution < -0.4 is 5.32 Å². The Labute approximate surface area is 145 Å². The Morgan fingerprint density at radius 2 is 2.14 bits per heavy atom. The second-order valence-corrected chi connectivity index (χ2v) is 6.10. The molecule has 8 heteroatoms. The third kappa shape index (κ3) is 4.13. The number of esters is 1. The van der Waals surface area contributed by atoms with E-state index in [1.807, 2.05) is 0 Å². The van der Waals surface area contributed by atoms with Gasteiger partial charge < -0.3 is 10.1 Å². The first kappa shape index (κ1) is 19.2. The summed E-state index contributed by atoms with van der Waals surface area (Å²) in [6.07, 6.45) is 0.796. The van der Waals surface area contributed by atoms with Gasteiger partial charge in [-0.05, 0) is 25.5 Å². The van der Waals surface area contributed by atoms with Crippen LogP contribution in [0, 0.1) is 0 Å². The molecule has 0 spiro atoms. The highest BCUT2D eigenvalue weighted by Gasteiger charge is 2.28. The standard InChI is InChI=1S/C14H19ClN2O3S.ClH/c1-3-17-6-5-9-10(8-17)21-13(16-11(18)7-15)12(9)14(19)20-4-2;/h3-8H2,1-2H3,(H,16,18);1H. The lowest BCUT2D eigenvalue weighted by molar-refractivity contribution is -0.113. The summed E-state index contributed by atoms with van der Waals surface area (Å²) in [6, 6.07) is 0. The van der Waals surface area contributed by atoms with Crippen LogP contribution in [-0.4, -0.2) is 42.4 Å². The van der Waals surface area contributed by atoms with Crippen molar-refractivity contribution in [3.05, 3.63) is 16.0 Å². The van der Waals surface area contributed by atoms with E-state index in [0.717, 1.165) is 36.5 Å². The van der Waals surface area contributed by atoms with Gasteiger partial charge in [0.15, 0.2) is 0 Å². The number of halogens is 2. The number of amides is 1. The summed E-state index contributed by atoms with van der Waals surface area (Å²) in [5, 5.41) is 3.28. The molecular formula is C14H20Cl2N2O3S. The number of anilines is 1. The Morgan fingerprint density at radius 1 is 1.41 bits per heavy atom. The third-order valence-corrected chi connectivity index (χ3v) is 4.81. The molecule has 2 rings (SSSR count). The van der Waals surface area contributed by atoms with Crippen LogP contribution in [0.3, 0.4) is 0 Å². The predicted octanol–water partition coefficient (Wildman–Crippen LogP) is 2.90. The monoisotopic (exact) mass is 366 g/mol. The number of hydrogen-bond donors (Lipinski definition) is 1. The molecule has 5 nitrogen and oxygen atoms in total. The number of carbonyl (C=O) groups excluding carboxylic acids is 2. The van der Waals surface area contributed by atoms with Crippen molar-refractivity contribution in [1.82, 2.24) is 4.90 Å². The van der Waals surface area contributed by atoms with E-state index in [1.165, 1.54) is 11.3 Å². The van der Waals surface area contributed by atoms with Gasteiger partial charge in [-0.15, -0.1) is 35.3 Å². The van der Waals surface area contributed by atoms with Gasteiger partial charge in [-0.1, -0.05) is 6.92 Å². The van der Waals surface area contributed by atoms with Crippen LogP contribution in [0.25, 0.3) is 0 Å². The van der Waals surface area contributed by atoms with Crippen molar-refractivity contribution in [2.75, 3.05) is 30.9 Å². The average Bonchev–Trinajstić information content (AvgIpc) is 2.83. The van der Waals surface area contributed by atoms with Crippen LogP contribution in [0.1, 0.15) is 34.6 Å². The fourth-order valence-corrected chi connectivity index (χ4v) is 3.75. The largest absolute Gasteiger partial charge is 0.462 e. The SMILES string of the molecule is CCOC(=O)c1c(NC(=O)CCl)sc2c1CCN(CC)C2.Cl. The van der Waals surface area contributed by atoms with E-state index in [2.05, 4.69) is 17.1 Å². The van der Waals surface area contributed by atoms with Crippen LogP contribution in [0.2, 0.25) is 0 Å². The summed E-state index contributed by atoms with van der Waals surface area (Å²) in [7, 11) is 0. The molecule has 22 heavy (non-hydrogen) atoms. The normalized spacial score (nSPS) is 14.0. The molecule has 0 radical (unpaired) electrons. The molecule has 1 aromatic heterocycles. The minimum Gasteiger partial charge on any atom is -0.462 e. The number of ether oxygens (including phenoxy) is 1. The third-order valence-electron chi connectivity index (χ3n) is 3.44. The average molecular weight is 367 g/mol. The number of nitrogens with one attached hydrogen (secondary N) is 1. The van der Waals surface area contributed by atoms with E-state index in [-0.39, 0.29) is 30.2 Å². The van der Waals surface area contributed by atoms with Crippen molar-refractivity contribution in [1.29, 1.82) is 0 Å². The highest BCUT2D eigenvalue weighted by Crippen LogP contribution is 2.37. The maximum absolute atomic E-state index is 12.2. The molecule has 1 N–H and O–H groups in total. The number of rotatable bonds is 5. The van der Waals surface area contributed by atoms with Crippen LogP contribution in [0.15, 0.2) is 0 Å². The van der Waals surface area contributed by atoms with Crippen LogP contribution in [0.5, 0.6) is 0 Å². The fraction of sp³-hybridized carbons (Fsp3) is 0.571. The minimum atomic E-state index is -0.371. The molecule has 0 saturated heterocycles. The van der Waals surface area contributed by atoms with Gasteiger partial charge in [-0.25, -0.2) is 4.79 Å². The van der Waals surface area contributed by atoms with Gasteiger partial charge in [0.2, 0.25) is 5.91 Å². The predicted molar refractivity (Wildman–Crippen MR) is 91.5 cm³/mol. The topological polar surface area (TPSA) is 58.6 Å². The smallest absolute Gasteiger partial charge is 0.341 e. The number of carbonyl (C=O) groups is 2. The van der Waals surface area contributed by atoms with Crippen molar-refractivity contribution >= 4 is 52.2 Å². The molecule has 1 aliphatic heterocycles. The molecule has 0 aromatic carbocycles. The molecular weight excluding hydrogens is 347 g/mol. The number of thiophene rings is 1. The molecule has 0 aliphatic carbocycles. The molecule has 0 atom stereocenters. The fourth-order valence-electron chi connectivity index (χ4n) is 2.39. The second kappa shape index (κ2) is 8.72. The van der Waals surface area contributed by atoms with E-state index < -0.39 is 0 Å². The maximum atomic E-state index is 12.2. The number of nitrogens with zero attached hydrogens (tertiary/aromatic N) is 1. The molecule has 1 aromatic rings. The van der Waals surface area contributed by atoms with Gasteiger partial charge in [0, 0.05) is 18.0 Å². The molecule has 0 bridgehead atoms. The molecule has 1 amide bonds. The summed E-state index contributed by atoms with van der Waals surface area (Å²) >= 11 is 6.98. The van der Waals surface area contributed by atoms with Crippen LogP contribution in [0.4, 0.5) is 5.00 Å². The van der Waals surface area contributed by atoms with Crippen molar-refractivity contribution in [3.8, 4) is 0 Å². The van der Waals surface area contributed by atoms with E-state index in [0.29, 0.717) is 17.2 Å². The Balaban J connectivity index is 0.00000242. The van der Waals surface area contributed by atoms with E-state index >= 15 is 0 Å². The van der Waals surface area contributed by atoms with Crippen molar-refractivity contribution in [2.24, 2.45) is 0 Å². The zero-order chi connectivity index (χ0) is 15.4. The second-order valence-electron chi connectivity index (χ2n) is 4.73. The van der Waals surface area contributed by atoms with E-state index in [4.69, 9.17) is 16.3 Å². The van der Waals surface area contributed by atoms with E-state index in [9.17, 15) is 9.59 Å². The highest BCUT2D eigenvalue weighted by atomic mass is 35.5.